The minimum Gasteiger partial charge on any atom is -0.388 e. The lowest BCUT2D eigenvalue weighted by Gasteiger charge is -2.31. The number of piperidine rings is 1. The molecule has 2 aliphatic rings. The van der Waals surface area contributed by atoms with Gasteiger partial charge in [-0.3, -0.25) is 4.79 Å². The van der Waals surface area contributed by atoms with Crippen LogP contribution in [-0.4, -0.2) is 73.5 Å². The Hall–Kier alpha value is -1.52. The molecule has 8 nitrogen and oxygen atoms in total. The summed E-state index contributed by atoms with van der Waals surface area (Å²) in [4.78, 5) is 14.4. The van der Waals surface area contributed by atoms with E-state index in [1.54, 1.807) is 17.0 Å². The first-order valence-electron chi connectivity index (χ1n) is 10.0. The molecule has 0 radical (unpaired) electrons. The van der Waals surface area contributed by atoms with Gasteiger partial charge in [0.25, 0.3) is 0 Å². The first kappa shape index (κ1) is 22.2. The van der Waals surface area contributed by atoms with Crippen molar-refractivity contribution < 1.29 is 28.2 Å². The number of sulfonamides is 1. The van der Waals surface area contributed by atoms with E-state index in [1.807, 2.05) is 6.92 Å². The van der Waals surface area contributed by atoms with Crippen LogP contribution in [0.15, 0.2) is 29.2 Å². The molecule has 2 fully saturated rings. The molecule has 0 saturated carbocycles. The number of carbonyl (C=O) groups excluding carboxylic acids is 1. The molecule has 1 amide bonds. The normalized spacial score (nSPS) is 28.6. The molecule has 1 aromatic carbocycles. The zero-order valence-corrected chi connectivity index (χ0v) is 17.6. The molecule has 2 heterocycles. The average Bonchev–Trinajstić information content (AvgIpc) is 2.95. The average molecular weight is 427 g/mol. The van der Waals surface area contributed by atoms with E-state index in [1.165, 1.54) is 12.1 Å². The number of nitrogens with one attached hydrogen (secondary N) is 1. The standard InChI is InChI=1S/C20H30N2O6S/c1-13-3-5-15(6-4-13)29(26,27)21-12-17-20(25)19(24)16(28-17)11-18(23)22-9-7-14(2)8-10-22/h3-6,14,16-17,19-21,24-25H,7-12H2,1-2H3/t16-,17-,19-,20+/m0/s1. The lowest BCUT2D eigenvalue weighted by Crippen LogP contribution is -2.41. The maximum atomic E-state index is 12.5. The predicted molar refractivity (Wildman–Crippen MR) is 107 cm³/mol. The van der Waals surface area contributed by atoms with Crippen LogP contribution in [0.4, 0.5) is 0 Å². The van der Waals surface area contributed by atoms with Crippen LogP contribution in [0.5, 0.6) is 0 Å². The number of hydrogen-bond acceptors (Lipinski definition) is 6. The van der Waals surface area contributed by atoms with Gasteiger partial charge in [0.1, 0.15) is 18.3 Å². The topological polar surface area (TPSA) is 116 Å². The molecular formula is C20H30N2O6S. The molecule has 0 aromatic heterocycles. The molecule has 1 aromatic rings. The quantitative estimate of drug-likeness (QED) is 0.607. The number of ether oxygens (including phenoxy) is 1. The Morgan fingerprint density at radius 1 is 1.14 bits per heavy atom. The van der Waals surface area contributed by atoms with Crippen LogP contribution >= 0.6 is 0 Å². The number of nitrogens with zero attached hydrogens (tertiary/aromatic N) is 1. The molecular weight excluding hydrogens is 396 g/mol. The lowest BCUT2D eigenvalue weighted by atomic mass is 9.98. The zero-order chi connectivity index (χ0) is 21.2. The molecule has 2 saturated heterocycles. The third kappa shape index (κ3) is 5.35. The van der Waals surface area contributed by atoms with Crippen LogP contribution in [0.1, 0.15) is 31.7 Å². The highest BCUT2D eigenvalue weighted by molar-refractivity contribution is 7.89. The number of aliphatic hydroxyl groups excluding tert-OH is 2. The minimum atomic E-state index is -3.77. The highest BCUT2D eigenvalue weighted by Gasteiger charge is 2.44. The van der Waals surface area contributed by atoms with Gasteiger partial charge in [-0.1, -0.05) is 24.6 Å². The number of hydrogen-bond donors (Lipinski definition) is 3. The van der Waals surface area contributed by atoms with Gasteiger partial charge < -0.3 is 19.8 Å². The summed E-state index contributed by atoms with van der Waals surface area (Å²) in [6.45, 7) is 5.20. The van der Waals surface area contributed by atoms with Crippen molar-refractivity contribution in [1.29, 1.82) is 0 Å². The van der Waals surface area contributed by atoms with Crippen molar-refractivity contribution in [2.24, 2.45) is 5.92 Å². The zero-order valence-electron chi connectivity index (χ0n) is 16.8. The Kier molecular flexibility index (Phi) is 6.95. The summed E-state index contributed by atoms with van der Waals surface area (Å²) in [6.07, 6.45) is -2.42. The molecule has 4 atom stereocenters. The lowest BCUT2D eigenvalue weighted by molar-refractivity contribution is -0.136. The molecule has 162 valence electrons. The van der Waals surface area contributed by atoms with E-state index in [2.05, 4.69) is 11.6 Å². The number of benzene rings is 1. The van der Waals surface area contributed by atoms with Gasteiger partial charge in [-0.2, -0.15) is 0 Å². The summed E-state index contributed by atoms with van der Waals surface area (Å²) in [6, 6.07) is 6.39. The van der Waals surface area contributed by atoms with E-state index < -0.39 is 34.4 Å². The maximum absolute atomic E-state index is 12.5. The van der Waals surface area contributed by atoms with Crippen molar-refractivity contribution in [2.75, 3.05) is 19.6 Å². The number of aryl methyl sites for hydroxylation is 1. The molecule has 29 heavy (non-hydrogen) atoms. The number of rotatable bonds is 6. The third-order valence-corrected chi connectivity index (χ3v) is 7.22. The molecule has 0 aliphatic carbocycles. The smallest absolute Gasteiger partial charge is 0.240 e. The maximum Gasteiger partial charge on any atom is 0.240 e. The van der Waals surface area contributed by atoms with Gasteiger partial charge in [-0.05, 0) is 37.8 Å². The van der Waals surface area contributed by atoms with Gasteiger partial charge in [0, 0.05) is 19.6 Å². The number of aliphatic hydroxyl groups is 2. The van der Waals surface area contributed by atoms with Crippen LogP contribution in [0.25, 0.3) is 0 Å². The molecule has 0 spiro atoms. The van der Waals surface area contributed by atoms with Crippen molar-refractivity contribution in [3.8, 4) is 0 Å². The van der Waals surface area contributed by atoms with Crippen molar-refractivity contribution in [2.45, 2.75) is 62.4 Å². The third-order valence-electron chi connectivity index (χ3n) is 5.78. The van der Waals surface area contributed by atoms with Gasteiger partial charge >= 0.3 is 0 Å². The molecule has 2 aliphatic heterocycles. The second-order valence-electron chi connectivity index (χ2n) is 8.13. The largest absolute Gasteiger partial charge is 0.388 e. The van der Waals surface area contributed by atoms with Crippen LogP contribution in [0, 0.1) is 12.8 Å². The van der Waals surface area contributed by atoms with E-state index in [0.29, 0.717) is 19.0 Å². The Labute approximate surface area is 171 Å². The van der Waals surface area contributed by atoms with Crippen LogP contribution in [0.2, 0.25) is 0 Å². The van der Waals surface area contributed by atoms with Crippen LogP contribution in [-0.2, 0) is 19.6 Å². The van der Waals surface area contributed by atoms with Crippen molar-refractivity contribution >= 4 is 15.9 Å². The minimum absolute atomic E-state index is 0.0339. The summed E-state index contributed by atoms with van der Waals surface area (Å²) in [5.41, 5.74) is 0.942. The van der Waals surface area contributed by atoms with Crippen LogP contribution in [0.3, 0.4) is 0 Å². The van der Waals surface area contributed by atoms with E-state index in [0.717, 1.165) is 18.4 Å². The molecule has 0 unspecified atom stereocenters. The molecule has 9 heteroatoms. The monoisotopic (exact) mass is 426 g/mol. The summed E-state index contributed by atoms with van der Waals surface area (Å²) in [7, 11) is -3.77. The summed E-state index contributed by atoms with van der Waals surface area (Å²) in [5, 5.41) is 20.5. The van der Waals surface area contributed by atoms with Crippen molar-refractivity contribution in [3.63, 3.8) is 0 Å². The first-order valence-corrected chi connectivity index (χ1v) is 11.5. The van der Waals surface area contributed by atoms with Crippen LogP contribution < -0.4 is 4.72 Å². The van der Waals surface area contributed by atoms with Crippen molar-refractivity contribution in [3.05, 3.63) is 29.8 Å². The fourth-order valence-electron chi connectivity index (χ4n) is 3.71. The number of carbonyl (C=O) groups is 1. The second-order valence-corrected chi connectivity index (χ2v) is 9.89. The second kappa shape index (κ2) is 9.09. The van der Waals surface area contributed by atoms with Gasteiger partial charge in [0.2, 0.25) is 15.9 Å². The van der Waals surface area contributed by atoms with E-state index in [4.69, 9.17) is 4.74 Å². The Morgan fingerprint density at radius 3 is 2.34 bits per heavy atom. The van der Waals surface area contributed by atoms with E-state index in [9.17, 15) is 23.4 Å². The number of likely N-dealkylation sites (tertiary alicyclic amines) is 1. The Bertz CT molecular complexity index is 805. The summed E-state index contributed by atoms with van der Waals surface area (Å²) < 4.78 is 32.9. The predicted octanol–water partition coefficient (Wildman–Crippen LogP) is 0.411. The molecule has 3 rings (SSSR count). The highest BCUT2D eigenvalue weighted by Crippen LogP contribution is 2.25. The number of amides is 1. The highest BCUT2D eigenvalue weighted by atomic mass is 32.2. The van der Waals surface area contributed by atoms with Gasteiger partial charge in [-0.15, -0.1) is 0 Å². The molecule has 0 bridgehead atoms. The summed E-state index contributed by atoms with van der Waals surface area (Å²) in [5.74, 6) is 0.481. The van der Waals surface area contributed by atoms with Gasteiger partial charge in [-0.25, -0.2) is 13.1 Å². The molecule has 3 N–H and O–H groups in total. The van der Waals surface area contributed by atoms with Gasteiger partial charge in [0.15, 0.2) is 0 Å². The van der Waals surface area contributed by atoms with Gasteiger partial charge in [0.05, 0.1) is 17.4 Å². The fraction of sp³-hybridized carbons (Fsp3) is 0.650. The van der Waals surface area contributed by atoms with Crippen molar-refractivity contribution in [1.82, 2.24) is 9.62 Å². The summed E-state index contributed by atoms with van der Waals surface area (Å²) >= 11 is 0. The van der Waals surface area contributed by atoms with E-state index >= 15 is 0 Å². The Morgan fingerprint density at radius 2 is 1.72 bits per heavy atom. The van der Waals surface area contributed by atoms with E-state index in [-0.39, 0.29) is 23.8 Å². The first-order chi connectivity index (χ1) is 13.7. The Balaban J connectivity index is 1.55. The SMILES string of the molecule is Cc1ccc(S(=O)(=O)NC[C@@H]2O[C@@H](CC(=O)N3CCC(C)CC3)[C@H](O)[C@@H]2O)cc1. The fourth-order valence-corrected chi connectivity index (χ4v) is 4.76.